The zero-order valence-electron chi connectivity index (χ0n) is 14.7. The van der Waals surface area contributed by atoms with Crippen LogP contribution >= 0.6 is 15.9 Å². The number of halogens is 1. The van der Waals surface area contributed by atoms with Crippen LogP contribution in [0.5, 0.6) is 11.5 Å². The van der Waals surface area contributed by atoms with Crippen molar-refractivity contribution in [3.8, 4) is 22.8 Å². The molecule has 0 unspecified atom stereocenters. The van der Waals surface area contributed by atoms with Crippen molar-refractivity contribution in [1.29, 1.82) is 0 Å². The van der Waals surface area contributed by atoms with E-state index in [1.807, 2.05) is 42.5 Å². The molecule has 138 valence electrons. The molecule has 0 atom stereocenters. The Bertz CT molecular complexity index is 967. The summed E-state index contributed by atoms with van der Waals surface area (Å²) in [6.07, 6.45) is 1.52. The van der Waals surface area contributed by atoms with E-state index < -0.39 is 5.91 Å². The first kappa shape index (κ1) is 18.7. The van der Waals surface area contributed by atoms with Gasteiger partial charge >= 0.3 is 0 Å². The van der Waals surface area contributed by atoms with Crippen LogP contribution in [0.4, 0.5) is 0 Å². The van der Waals surface area contributed by atoms with Crippen molar-refractivity contribution in [3.05, 3.63) is 64.3 Å². The minimum atomic E-state index is -0.396. The molecule has 0 aliphatic rings. The highest BCUT2D eigenvalue weighted by atomic mass is 79.9. The summed E-state index contributed by atoms with van der Waals surface area (Å²) in [5, 5.41) is 10.9. The fourth-order valence-corrected chi connectivity index (χ4v) is 2.75. The molecule has 1 heterocycles. The molecule has 1 aromatic heterocycles. The first-order chi connectivity index (χ1) is 13.1. The summed E-state index contributed by atoms with van der Waals surface area (Å²) in [5.74, 6) is 1.01. The van der Waals surface area contributed by atoms with Gasteiger partial charge in [-0.1, -0.05) is 15.9 Å². The molecule has 0 saturated carbocycles. The van der Waals surface area contributed by atoms with E-state index in [0.29, 0.717) is 17.1 Å². The van der Waals surface area contributed by atoms with Gasteiger partial charge < -0.3 is 9.47 Å². The molecule has 2 N–H and O–H groups in total. The van der Waals surface area contributed by atoms with Gasteiger partial charge in [0.1, 0.15) is 17.2 Å². The Morgan fingerprint density at radius 1 is 1.15 bits per heavy atom. The topological polar surface area (TPSA) is 88.6 Å². The molecule has 3 aromatic rings. The predicted molar refractivity (Wildman–Crippen MR) is 106 cm³/mol. The van der Waals surface area contributed by atoms with Crippen LogP contribution in [0, 0.1) is 0 Å². The van der Waals surface area contributed by atoms with E-state index in [-0.39, 0.29) is 0 Å². The second kappa shape index (κ2) is 8.50. The molecule has 0 bridgehead atoms. The van der Waals surface area contributed by atoms with Gasteiger partial charge in [0, 0.05) is 15.6 Å². The first-order valence-electron chi connectivity index (χ1n) is 7.97. The van der Waals surface area contributed by atoms with Crippen LogP contribution in [0.2, 0.25) is 0 Å². The van der Waals surface area contributed by atoms with E-state index >= 15 is 0 Å². The number of nitrogens with one attached hydrogen (secondary N) is 2. The Morgan fingerprint density at radius 3 is 2.63 bits per heavy atom. The molecule has 0 aliphatic heterocycles. The molecule has 0 aliphatic carbocycles. The van der Waals surface area contributed by atoms with E-state index in [1.165, 1.54) is 6.21 Å². The summed E-state index contributed by atoms with van der Waals surface area (Å²) in [6, 6.07) is 14.6. The lowest BCUT2D eigenvalue weighted by atomic mass is 10.1. The third kappa shape index (κ3) is 4.53. The Hall–Kier alpha value is -3.13. The average Bonchev–Trinajstić information content (AvgIpc) is 3.18. The standard InChI is InChI=1S/C19H17BrN4O3/c1-26-15-6-3-12(4-7-15)16-10-17(23-22-16)19(25)24-21-11-13-9-14(20)5-8-18(13)27-2/h3-11H,1-2H3,(H,22,23)(H,24,25)/b21-11+. The molecule has 0 saturated heterocycles. The Balaban J connectivity index is 1.68. The summed E-state index contributed by atoms with van der Waals surface area (Å²) in [7, 11) is 3.18. The van der Waals surface area contributed by atoms with Crippen LogP contribution in [0.15, 0.2) is 58.1 Å². The van der Waals surface area contributed by atoms with Crippen molar-refractivity contribution in [2.75, 3.05) is 14.2 Å². The van der Waals surface area contributed by atoms with Crippen molar-refractivity contribution >= 4 is 28.1 Å². The van der Waals surface area contributed by atoms with E-state index in [0.717, 1.165) is 21.3 Å². The highest BCUT2D eigenvalue weighted by Gasteiger charge is 2.10. The number of H-pyrrole nitrogens is 1. The van der Waals surface area contributed by atoms with Crippen LogP contribution in [0.1, 0.15) is 16.1 Å². The molecule has 0 spiro atoms. The number of amides is 1. The third-order valence-corrected chi connectivity index (χ3v) is 4.26. The molecule has 7 nitrogen and oxygen atoms in total. The zero-order chi connectivity index (χ0) is 19.2. The van der Waals surface area contributed by atoms with Crippen molar-refractivity contribution in [2.45, 2.75) is 0 Å². The number of methoxy groups -OCH3 is 2. The number of aromatic amines is 1. The largest absolute Gasteiger partial charge is 0.497 e. The number of aromatic nitrogens is 2. The van der Waals surface area contributed by atoms with Crippen LogP contribution in [-0.4, -0.2) is 36.5 Å². The fourth-order valence-electron chi connectivity index (χ4n) is 2.37. The molecular weight excluding hydrogens is 412 g/mol. The van der Waals surface area contributed by atoms with Crippen molar-refractivity contribution in [1.82, 2.24) is 15.6 Å². The van der Waals surface area contributed by atoms with Gasteiger partial charge in [-0.3, -0.25) is 9.89 Å². The maximum absolute atomic E-state index is 12.2. The minimum absolute atomic E-state index is 0.305. The van der Waals surface area contributed by atoms with Gasteiger partial charge in [0.2, 0.25) is 0 Å². The van der Waals surface area contributed by atoms with Gasteiger partial charge in [-0.05, 0) is 48.5 Å². The highest BCUT2D eigenvalue weighted by molar-refractivity contribution is 9.10. The van der Waals surface area contributed by atoms with E-state index in [1.54, 1.807) is 20.3 Å². The lowest BCUT2D eigenvalue weighted by molar-refractivity contribution is 0.0950. The number of rotatable bonds is 6. The quantitative estimate of drug-likeness (QED) is 0.463. The Kier molecular flexibility index (Phi) is 5.87. The normalized spacial score (nSPS) is 10.8. The number of benzene rings is 2. The Morgan fingerprint density at radius 2 is 1.93 bits per heavy atom. The first-order valence-corrected chi connectivity index (χ1v) is 8.77. The van der Waals surface area contributed by atoms with Gasteiger partial charge in [-0.15, -0.1) is 0 Å². The molecule has 27 heavy (non-hydrogen) atoms. The van der Waals surface area contributed by atoms with E-state index in [9.17, 15) is 4.79 Å². The molecule has 3 rings (SSSR count). The molecule has 1 amide bonds. The van der Waals surface area contributed by atoms with E-state index in [2.05, 4.69) is 36.7 Å². The highest BCUT2D eigenvalue weighted by Crippen LogP contribution is 2.22. The molecule has 0 fully saturated rings. The second-order valence-electron chi connectivity index (χ2n) is 5.48. The van der Waals surface area contributed by atoms with E-state index in [4.69, 9.17) is 9.47 Å². The summed E-state index contributed by atoms with van der Waals surface area (Å²) in [6.45, 7) is 0. The average molecular weight is 429 g/mol. The fraction of sp³-hybridized carbons (Fsp3) is 0.105. The number of hydrogen-bond donors (Lipinski definition) is 2. The predicted octanol–water partition coefficient (Wildman–Crippen LogP) is 3.62. The SMILES string of the molecule is COc1ccc(-c2cc(C(=O)N/N=C/c3cc(Br)ccc3OC)[nH]n2)cc1. The molecule has 2 aromatic carbocycles. The summed E-state index contributed by atoms with van der Waals surface area (Å²) < 4.78 is 11.3. The lowest BCUT2D eigenvalue weighted by Gasteiger charge is -2.04. The number of hydrazone groups is 1. The third-order valence-electron chi connectivity index (χ3n) is 3.77. The molecule has 8 heteroatoms. The second-order valence-corrected chi connectivity index (χ2v) is 6.40. The van der Waals surface area contributed by atoms with Gasteiger partial charge in [0.25, 0.3) is 5.91 Å². The summed E-state index contributed by atoms with van der Waals surface area (Å²) in [4.78, 5) is 12.2. The lowest BCUT2D eigenvalue weighted by Crippen LogP contribution is -2.18. The number of hydrogen-bond acceptors (Lipinski definition) is 5. The smallest absolute Gasteiger partial charge is 0.289 e. The summed E-state index contributed by atoms with van der Waals surface area (Å²) in [5.41, 5.74) is 5.03. The Labute approximate surface area is 164 Å². The van der Waals surface area contributed by atoms with Gasteiger partial charge in [-0.25, -0.2) is 5.43 Å². The van der Waals surface area contributed by atoms with Crippen LogP contribution in [0.3, 0.4) is 0 Å². The number of carbonyl (C=O) groups excluding carboxylic acids is 1. The monoisotopic (exact) mass is 428 g/mol. The van der Waals surface area contributed by atoms with Crippen molar-refractivity contribution in [3.63, 3.8) is 0 Å². The number of nitrogens with zero attached hydrogens (tertiary/aromatic N) is 2. The molecular formula is C19H17BrN4O3. The number of ether oxygens (including phenoxy) is 2. The zero-order valence-corrected chi connectivity index (χ0v) is 16.3. The van der Waals surface area contributed by atoms with Gasteiger partial charge in [-0.2, -0.15) is 10.2 Å². The van der Waals surface area contributed by atoms with Gasteiger partial charge in [0.15, 0.2) is 0 Å². The number of carbonyl (C=O) groups is 1. The van der Waals surface area contributed by atoms with Crippen LogP contribution < -0.4 is 14.9 Å². The summed E-state index contributed by atoms with van der Waals surface area (Å²) >= 11 is 3.39. The maximum Gasteiger partial charge on any atom is 0.289 e. The molecule has 0 radical (unpaired) electrons. The van der Waals surface area contributed by atoms with Crippen LogP contribution in [-0.2, 0) is 0 Å². The van der Waals surface area contributed by atoms with Crippen LogP contribution in [0.25, 0.3) is 11.3 Å². The van der Waals surface area contributed by atoms with Crippen molar-refractivity contribution < 1.29 is 14.3 Å². The van der Waals surface area contributed by atoms with Crippen molar-refractivity contribution in [2.24, 2.45) is 5.10 Å². The maximum atomic E-state index is 12.2. The minimum Gasteiger partial charge on any atom is -0.497 e. The van der Waals surface area contributed by atoms with Gasteiger partial charge in [0.05, 0.1) is 26.1 Å².